The van der Waals surface area contributed by atoms with Crippen LogP contribution in [0.15, 0.2) is 173 Å². The number of fused-ring (bicyclic) bond motifs is 6. The first-order valence-electron chi connectivity index (χ1n) is 15.4. The Balaban J connectivity index is 1.15. The summed E-state index contributed by atoms with van der Waals surface area (Å²) in [5.74, 6) is 0. The van der Waals surface area contributed by atoms with Gasteiger partial charge in [-0.2, -0.15) is 0 Å². The molecule has 0 bridgehead atoms. The van der Waals surface area contributed by atoms with Crippen LogP contribution in [0.2, 0.25) is 0 Å². The number of rotatable bonds is 5. The molecule has 0 saturated carbocycles. The fraction of sp³-hybridized carbons (Fsp3) is 0. The van der Waals surface area contributed by atoms with E-state index in [1.807, 2.05) is 103 Å². The van der Waals surface area contributed by atoms with Gasteiger partial charge in [-0.25, -0.2) is 0 Å². The van der Waals surface area contributed by atoms with Gasteiger partial charge in [0.05, 0.1) is 0 Å². The molecule has 2 aromatic heterocycles. The zero-order valence-electron chi connectivity index (χ0n) is 24.8. The zero-order chi connectivity index (χ0) is 30.7. The van der Waals surface area contributed by atoms with Gasteiger partial charge >= 0.3 is 0 Å². The van der Waals surface area contributed by atoms with Gasteiger partial charge in [-0.1, -0.05) is 115 Å². The lowest BCUT2D eigenvalue weighted by Gasteiger charge is -2.20. The molecule has 218 valence electrons. The summed E-state index contributed by atoms with van der Waals surface area (Å²) in [7, 11) is -3.09. The molecule has 7 aromatic carbocycles. The van der Waals surface area contributed by atoms with Gasteiger partial charge in [0.25, 0.3) is 0 Å². The van der Waals surface area contributed by atoms with E-state index in [2.05, 4.69) is 60.7 Å². The first-order chi connectivity index (χ1) is 22.6. The summed E-state index contributed by atoms with van der Waals surface area (Å²) < 4.78 is 27.5. The Morgan fingerprint density at radius 2 is 0.804 bits per heavy atom. The molecule has 0 N–H and O–H groups in total. The lowest BCUT2D eigenvalue weighted by Crippen LogP contribution is -2.25. The molecule has 9 aromatic rings. The molecule has 0 saturated heterocycles. The van der Waals surface area contributed by atoms with Crippen molar-refractivity contribution in [2.24, 2.45) is 0 Å². The third-order valence-corrected chi connectivity index (χ3v) is 12.0. The molecule has 0 amide bonds. The van der Waals surface area contributed by atoms with Gasteiger partial charge in [0.1, 0.15) is 22.3 Å². The number of furan rings is 2. The zero-order valence-corrected chi connectivity index (χ0v) is 25.7. The highest BCUT2D eigenvalue weighted by Gasteiger charge is 2.29. The maximum absolute atomic E-state index is 15.0. The molecule has 0 aliphatic carbocycles. The van der Waals surface area contributed by atoms with Crippen molar-refractivity contribution in [2.75, 3.05) is 0 Å². The van der Waals surface area contributed by atoms with Crippen molar-refractivity contribution >= 4 is 66.9 Å². The fourth-order valence-electron chi connectivity index (χ4n) is 6.65. The molecule has 0 radical (unpaired) electrons. The van der Waals surface area contributed by atoms with E-state index < -0.39 is 7.14 Å². The summed E-state index contributed by atoms with van der Waals surface area (Å²) in [6.45, 7) is 0. The van der Waals surface area contributed by atoms with Crippen LogP contribution in [0.4, 0.5) is 0 Å². The summed E-state index contributed by atoms with van der Waals surface area (Å²) in [5.41, 5.74) is 7.67. The smallest absolute Gasteiger partial charge is 0.171 e. The molecule has 9 rings (SSSR count). The maximum Gasteiger partial charge on any atom is 0.171 e. The number of para-hydroxylation sites is 1. The highest BCUT2D eigenvalue weighted by atomic mass is 31.2. The van der Waals surface area contributed by atoms with Crippen LogP contribution < -0.4 is 15.9 Å². The minimum absolute atomic E-state index is 0.808. The first-order valence-corrected chi connectivity index (χ1v) is 17.1. The third-order valence-electron chi connectivity index (χ3n) is 8.96. The Morgan fingerprint density at radius 3 is 1.48 bits per heavy atom. The molecule has 0 spiro atoms. The summed E-state index contributed by atoms with van der Waals surface area (Å²) in [4.78, 5) is 0. The maximum atomic E-state index is 15.0. The van der Waals surface area contributed by atoms with Crippen LogP contribution in [0.3, 0.4) is 0 Å². The van der Waals surface area contributed by atoms with E-state index in [4.69, 9.17) is 8.83 Å². The number of hydrogen-bond acceptors (Lipinski definition) is 3. The normalized spacial score (nSPS) is 12.0. The quantitative estimate of drug-likeness (QED) is 0.182. The van der Waals surface area contributed by atoms with Gasteiger partial charge in [-0.3, -0.25) is 0 Å². The Hall–Kier alpha value is -5.63. The topological polar surface area (TPSA) is 43.4 Å². The minimum Gasteiger partial charge on any atom is -0.456 e. The molecule has 2 heterocycles. The number of hydrogen-bond donors (Lipinski definition) is 0. The van der Waals surface area contributed by atoms with Crippen molar-refractivity contribution in [3.8, 4) is 22.3 Å². The predicted octanol–water partition coefficient (Wildman–Crippen LogP) is 10.5. The second kappa shape index (κ2) is 10.5. The van der Waals surface area contributed by atoms with E-state index in [0.29, 0.717) is 0 Å². The standard InChI is InChI=1S/C42H27O3P/c43-46(32-11-3-1-4-12-32,33-13-5-2-6-14-33)34-15-9-10-28(24-34)29-19-22-40-37(25-29)38-26-30(20-23-41(38)44-40)31-18-21-36-35-16-7-8-17-39(35)45-42(36)27-31/h1-27H. The molecule has 46 heavy (non-hydrogen) atoms. The van der Waals surface area contributed by atoms with Crippen LogP contribution in [-0.2, 0) is 4.57 Å². The number of benzene rings is 7. The molecule has 0 unspecified atom stereocenters. The Labute approximate surface area is 265 Å². The van der Waals surface area contributed by atoms with E-state index in [1.165, 1.54) is 0 Å². The predicted molar refractivity (Wildman–Crippen MR) is 191 cm³/mol. The van der Waals surface area contributed by atoms with Crippen molar-refractivity contribution in [2.45, 2.75) is 0 Å². The van der Waals surface area contributed by atoms with Crippen molar-refractivity contribution in [3.05, 3.63) is 164 Å². The Kier molecular flexibility index (Phi) is 6.09. The van der Waals surface area contributed by atoms with Gasteiger partial charge < -0.3 is 13.4 Å². The second-order valence-corrected chi connectivity index (χ2v) is 14.4. The monoisotopic (exact) mass is 610 g/mol. The molecule has 3 nitrogen and oxygen atoms in total. The first kappa shape index (κ1) is 26.7. The summed E-state index contributed by atoms with van der Waals surface area (Å²) >= 11 is 0. The average Bonchev–Trinajstić information content (AvgIpc) is 3.69. The summed E-state index contributed by atoms with van der Waals surface area (Å²) in [6, 6.07) is 55.0. The minimum atomic E-state index is -3.09. The fourth-order valence-corrected chi connectivity index (χ4v) is 9.34. The molecule has 0 aliphatic rings. The Bertz CT molecular complexity index is 2570. The van der Waals surface area contributed by atoms with Crippen molar-refractivity contribution in [1.82, 2.24) is 0 Å². The Morgan fingerprint density at radius 1 is 0.326 bits per heavy atom. The van der Waals surface area contributed by atoms with Gasteiger partial charge in [-0.05, 0) is 70.8 Å². The third kappa shape index (κ3) is 4.24. The molecular formula is C42H27O3P. The van der Waals surface area contributed by atoms with E-state index in [-0.39, 0.29) is 0 Å². The second-order valence-electron chi connectivity index (χ2n) is 11.7. The van der Waals surface area contributed by atoms with Crippen LogP contribution in [0, 0.1) is 0 Å². The SMILES string of the molecule is O=P(c1ccccc1)(c1ccccc1)c1cccc(-c2ccc3oc4ccc(-c5ccc6c(c5)oc5ccccc56)cc4c3c2)c1. The van der Waals surface area contributed by atoms with Gasteiger partial charge in [0, 0.05) is 37.5 Å². The average molecular weight is 611 g/mol. The van der Waals surface area contributed by atoms with E-state index in [1.54, 1.807) is 0 Å². The summed E-state index contributed by atoms with van der Waals surface area (Å²) in [5, 5.41) is 6.79. The van der Waals surface area contributed by atoms with Crippen LogP contribution >= 0.6 is 7.14 Å². The van der Waals surface area contributed by atoms with Crippen molar-refractivity contribution in [3.63, 3.8) is 0 Å². The van der Waals surface area contributed by atoms with E-state index in [0.717, 1.165) is 82.0 Å². The molecular weight excluding hydrogens is 583 g/mol. The van der Waals surface area contributed by atoms with Crippen LogP contribution in [-0.4, -0.2) is 0 Å². The lowest BCUT2D eigenvalue weighted by atomic mass is 9.99. The molecule has 0 fully saturated rings. The molecule has 0 aliphatic heterocycles. The lowest BCUT2D eigenvalue weighted by molar-refractivity contribution is 0.592. The highest BCUT2D eigenvalue weighted by Crippen LogP contribution is 2.43. The van der Waals surface area contributed by atoms with E-state index >= 15 is 4.57 Å². The van der Waals surface area contributed by atoms with Crippen LogP contribution in [0.5, 0.6) is 0 Å². The van der Waals surface area contributed by atoms with Crippen LogP contribution in [0.25, 0.3) is 66.1 Å². The van der Waals surface area contributed by atoms with Gasteiger partial charge in [0.2, 0.25) is 0 Å². The van der Waals surface area contributed by atoms with Crippen LogP contribution in [0.1, 0.15) is 0 Å². The molecule has 0 atom stereocenters. The molecule has 4 heteroatoms. The largest absolute Gasteiger partial charge is 0.456 e. The van der Waals surface area contributed by atoms with Gasteiger partial charge in [-0.15, -0.1) is 0 Å². The van der Waals surface area contributed by atoms with Crippen molar-refractivity contribution in [1.29, 1.82) is 0 Å². The summed E-state index contributed by atoms with van der Waals surface area (Å²) in [6.07, 6.45) is 0. The van der Waals surface area contributed by atoms with Crippen molar-refractivity contribution < 1.29 is 13.4 Å². The highest BCUT2D eigenvalue weighted by molar-refractivity contribution is 7.85. The van der Waals surface area contributed by atoms with E-state index in [9.17, 15) is 0 Å². The van der Waals surface area contributed by atoms with Gasteiger partial charge in [0.15, 0.2) is 7.14 Å².